The fourth-order valence-corrected chi connectivity index (χ4v) is 2.64. The van der Waals surface area contributed by atoms with E-state index in [1.807, 2.05) is 0 Å². The highest BCUT2D eigenvalue weighted by Crippen LogP contribution is 2.21. The first-order chi connectivity index (χ1) is 7.36. The molecule has 0 aliphatic rings. The number of hydrogen-bond acceptors (Lipinski definition) is 4. The van der Waals surface area contributed by atoms with Gasteiger partial charge in [-0.2, -0.15) is 0 Å². The summed E-state index contributed by atoms with van der Waals surface area (Å²) in [7, 11) is -3.44. The van der Waals surface area contributed by atoms with Gasteiger partial charge in [0.15, 0.2) is 9.84 Å². The molecule has 0 bridgehead atoms. The van der Waals surface area contributed by atoms with Crippen LogP contribution in [0.1, 0.15) is 12.6 Å². The van der Waals surface area contributed by atoms with Gasteiger partial charge in [0.05, 0.1) is 33.3 Å². The molecule has 0 saturated heterocycles. The molecule has 4 nitrogen and oxygen atoms in total. The van der Waals surface area contributed by atoms with E-state index in [-0.39, 0.29) is 16.5 Å². The standard InChI is InChI=1S/C9H11Cl2NO3S/c1-6(4-13)16(14,15)5-9-8(11)2-7(10)3-12-9/h2-3,6,13H,4-5H2,1H3/t6-/m1/s1. The minimum atomic E-state index is -3.44. The summed E-state index contributed by atoms with van der Waals surface area (Å²) in [4.78, 5) is 3.86. The number of rotatable bonds is 4. The number of pyridine rings is 1. The fraction of sp³-hybridized carbons (Fsp3) is 0.444. The van der Waals surface area contributed by atoms with E-state index in [9.17, 15) is 8.42 Å². The van der Waals surface area contributed by atoms with E-state index < -0.39 is 21.7 Å². The number of hydrogen-bond donors (Lipinski definition) is 1. The molecule has 1 aromatic heterocycles. The summed E-state index contributed by atoms with van der Waals surface area (Å²) in [6.07, 6.45) is 1.34. The molecular weight excluding hydrogens is 273 g/mol. The van der Waals surface area contributed by atoms with Crippen molar-refractivity contribution in [2.24, 2.45) is 0 Å². The second-order valence-corrected chi connectivity index (χ2v) is 6.65. The van der Waals surface area contributed by atoms with E-state index in [1.165, 1.54) is 19.2 Å². The lowest BCUT2D eigenvalue weighted by molar-refractivity contribution is 0.295. The molecule has 0 aliphatic heterocycles. The maximum Gasteiger partial charge on any atom is 0.160 e. The number of sulfone groups is 1. The fourth-order valence-electron chi connectivity index (χ4n) is 0.995. The molecule has 16 heavy (non-hydrogen) atoms. The summed E-state index contributed by atoms with van der Waals surface area (Å²) in [5, 5.41) is 8.53. The van der Waals surface area contributed by atoms with Crippen molar-refractivity contribution in [3.05, 3.63) is 28.0 Å². The smallest absolute Gasteiger partial charge is 0.160 e. The van der Waals surface area contributed by atoms with E-state index in [4.69, 9.17) is 28.3 Å². The normalized spacial score (nSPS) is 13.8. The summed E-state index contributed by atoms with van der Waals surface area (Å²) in [5.74, 6) is -0.301. The first-order valence-corrected chi connectivity index (χ1v) is 6.96. The maximum atomic E-state index is 11.7. The summed E-state index contributed by atoms with van der Waals surface area (Å²) in [6.45, 7) is 1.01. The van der Waals surface area contributed by atoms with Gasteiger partial charge in [0.1, 0.15) is 0 Å². The van der Waals surface area contributed by atoms with Gasteiger partial charge in [-0.05, 0) is 13.0 Å². The van der Waals surface area contributed by atoms with E-state index >= 15 is 0 Å². The van der Waals surface area contributed by atoms with Crippen LogP contribution in [0, 0.1) is 0 Å². The molecule has 0 fully saturated rings. The number of aliphatic hydroxyl groups is 1. The van der Waals surface area contributed by atoms with Crippen molar-refractivity contribution < 1.29 is 13.5 Å². The van der Waals surface area contributed by atoms with Gasteiger partial charge in [-0.25, -0.2) is 8.42 Å². The molecule has 7 heteroatoms. The molecule has 1 aromatic rings. The molecule has 1 atom stereocenters. The van der Waals surface area contributed by atoms with Crippen molar-refractivity contribution in [2.75, 3.05) is 6.61 Å². The molecule has 1 heterocycles. The minimum Gasteiger partial charge on any atom is -0.395 e. The van der Waals surface area contributed by atoms with Gasteiger partial charge in [-0.1, -0.05) is 23.2 Å². The van der Waals surface area contributed by atoms with Crippen LogP contribution in [-0.2, 0) is 15.6 Å². The third-order valence-corrected chi connectivity index (χ3v) is 4.68. The summed E-state index contributed by atoms with van der Waals surface area (Å²) in [6, 6.07) is 1.44. The van der Waals surface area contributed by atoms with Gasteiger partial charge in [-0.3, -0.25) is 4.98 Å². The molecule has 1 N–H and O–H groups in total. The molecule has 0 aliphatic carbocycles. The van der Waals surface area contributed by atoms with Gasteiger partial charge in [-0.15, -0.1) is 0 Å². The quantitative estimate of drug-likeness (QED) is 0.913. The van der Waals surface area contributed by atoms with Crippen molar-refractivity contribution in [2.45, 2.75) is 17.9 Å². The van der Waals surface area contributed by atoms with E-state index in [0.717, 1.165) is 0 Å². The predicted molar refractivity (Wildman–Crippen MR) is 63.4 cm³/mol. The number of aliphatic hydroxyl groups excluding tert-OH is 1. The van der Waals surface area contributed by atoms with Crippen LogP contribution in [0.25, 0.3) is 0 Å². The Balaban J connectivity index is 2.97. The third-order valence-electron chi connectivity index (χ3n) is 2.09. The van der Waals surface area contributed by atoms with Crippen LogP contribution < -0.4 is 0 Å². The lowest BCUT2D eigenvalue weighted by Gasteiger charge is -2.10. The van der Waals surface area contributed by atoms with E-state index in [1.54, 1.807) is 0 Å². The lowest BCUT2D eigenvalue weighted by Crippen LogP contribution is -2.23. The highest BCUT2D eigenvalue weighted by molar-refractivity contribution is 7.91. The summed E-state index contributed by atoms with van der Waals surface area (Å²) >= 11 is 11.5. The zero-order valence-electron chi connectivity index (χ0n) is 8.52. The summed E-state index contributed by atoms with van der Waals surface area (Å²) < 4.78 is 23.4. The topological polar surface area (TPSA) is 67.3 Å². The first kappa shape index (κ1) is 13.7. The van der Waals surface area contributed by atoms with Crippen LogP contribution in [0.4, 0.5) is 0 Å². The Morgan fingerprint density at radius 2 is 2.12 bits per heavy atom. The van der Waals surface area contributed by atoms with Crippen LogP contribution >= 0.6 is 23.2 Å². The largest absolute Gasteiger partial charge is 0.395 e. The van der Waals surface area contributed by atoms with Crippen LogP contribution in [-0.4, -0.2) is 30.4 Å². The summed E-state index contributed by atoms with van der Waals surface area (Å²) in [5.41, 5.74) is 0.242. The number of nitrogens with zero attached hydrogens (tertiary/aromatic N) is 1. The highest BCUT2D eigenvalue weighted by Gasteiger charge is 2.22. The monoisotopic (exact) mass is 283 g/mol. The molecule has 0 saturated carbocycles. The molecule has 0 aromatic carbocycles. The Hall–Kier alpha value is -0.360. The van der Waals surface area contributed by atoms with E-state index in [2.05, 4.69) is 4.98 Å². The zero-order valence-corrected chi connectivity index (χ0v) is 10.8. The second-order valence-electron chi connectivity index (χ2n) is 3.38. The zero-order chi connectivity index (χ0) is 12.3. The van der Waals surface area contributed by atoms with Gasteiger partial charge < -0.3 is 5.11 Å². The number of aromatic nitrogens is 1. The first-order valence-electron chi connectivity index (χ1n) is 4.49. The van der Waals surface area contributed by atoms with Gasteiger partial charge in [0.2, 0.25) is 0 Å². The minimum absolute atomic E-state index is 0.209. The Morgan fingerprint density at radius 3 is 2.62 bits per heavy atom. The van der Waals surface area contributed by atoms with Crippen molar-refractivity contribution in [3.8, 4) is 0 Å². The Kier molecular flexibility index (Phi) is 4.55. The maximum absolute atomic E-state index is 11.7. The van der Waals surface area contributed by atoms with Crippen molar-refractivity contribution >= 4 is 33.0 Å². The Labute approximate surface area is 104 Å². The van der Waals surface area contributed by atoms with Crippen LogP contribution in [0.5, 0.6) is 0 Å². The Morgan fingerprint density at radius 1 is 1.50 bits per heavy atom. The SMILES string of the molecule is C[C@H](CO)S(=O)(=O)Cc1ncc(Cl)cc1Cl. The van der Waals surface area contributed by atoms with E-state index in [0.29, 0.717) is 5.02 Å². The van der Waals surface area contributed by atoms with Gasteiger partial charge in [0.25, 0.3) is 0 Å². The average molecular weight is 284 g/mol. The van der Waals surface area contributed by atoms with Gasteiger partial charge in [0, 0.05) is 6.20 Å². The predicted octanol–water partition coefficient (Wildman–Crippen LogP) is 1.68. The van der Waals surface area contributed by atoms with Crippen LogP contribution in [0.3, 0.4) is 0 Å². The molecular formula is C9H11Cl2NO3S. The third kappa shape index (κ3) is 3.31. The average Bonchev–Trinajstić information content (AvgIpc) is 2.21. The highest BCUT2D eigenvalue weighted by atomic mass is 35.5. The molecule has 0 unspecified atom stereocenters. The van der Waals surface area contributed by atoms with Crippen molar-refractivity contribution in [1.29, 1.82) is 0 Å². The molecule has 1 rings (SSSR count). The van der Waals surface area contributed by atoms with Crippen molar-refractivity contribution in [1.82, 2.24) is 4.98 Å². The molecule has 0 amide bonds. The number of halogens is 2. The van der Waals surface area contributed by atoms with Crippen LogP contribution in [0.2, 0.25) is 10.0 Å². The van der Waals surface area contributed by atoms with Gasteiger partial charge >= 0.3 is 0 Å². The molecule has 0 spiro atoms. The molecule has 0 radical (unpaired) electrons. The van der Waals surface area contributed by atoms with Crippen molar-refractivity contribution in [3.63, 3.8) is 0 Å². The molecule has 90 valence electrons. The lowest BCUT2D eigenvalue weighted by atomic mass is 10.4. The Bertz CT molecular complexity index is 476. The van der Waals surface area contributed by atoms with Crippen LogP contribution in [0.15, 0.2) is 12.3 Å². The second kappa shape index (κ2) is 5.31.